The van der Waals surface area contributed by atoms with Gasteiger partial charge in [-0.25, -0.2) is 0 Å². The van der Waals surface area contributed by atoms with Gasteiger partial charge in [0.25, 0.3) is 0 Å². The summed E-state index contributed by atoms with van der Waals surface area (Å²) in [6, 6.07) is 13.4. The van der Waals surface area contributed by atoms with Crippen LogP contribution >= 0.6 is 0 Å². The van der Waals surface area contributed by atoms with E-state index in [2.05, 4.69) is 74.8 Å². The molecule has 2 saturated heterocycles. The predicted octanol–water partition coefficient (Wildman–Crippen LogP) is 5.10. The van der Waals surface area contributed by atoms with E-state index < -0.39 is 8.32 Å². The molecule has 3 rings (SSSR count). The third-order valence-corrected chi connectivity index (χ3v) is 7.50. The Morgan fingerprint density at radius 2 is 1.81 bits per heavy atom. The first-order valence-corrected chi connectivity index (χ1v) is 13.4. The van der Waals surface area contributed by atoms with Gasteiger partial charge in [-0.15, -0.1) is 0 Å². The molecule has 0 saturated carbocycles. The summed E-state index contributed by atoms with van der Waals surface area (Å²) < 4.78 is 6.65. The van der Waals surface area contributed by atoms with Crippen molar-refractivity contribution in [3.8, 4) is 6.07 Å². The van der Waals surface area contributed by atoms with Crippen molar-refractivity contribution in [1.82, 2.24) is 4.90 Å². The van der Waals surface area contributed by atoms with Gasteiger partial charge in [-0.05, 0) is 57.8 Å². The molecule has 0 bridgehead atoms. The molecule has 0 amide bonds. The van der Waals surface area contributed by atoms with Gasteiger partial charge >= 0.3 is 0 Å². The minimum absolute atomic E-state index is 0.142. The van der Waals surface area contributed by atoms with Gasteiger partial charge in [0.05, 0.1) is 18.1 Å². The lowest BCUT2D eigenvalue weighted by atomic mass is 9.65. The number of nitrogens with zero attached hydrogens (tertiary/aromatic N) is 2. The van der Waals surface area contributed by atoms with Crippen LogP contribution in [-0.4, -0.2) is 37.4 Å². The van der Waals surface area contributed by atoms with E-state index in [0.29, 0.717) is 6.42 Å². The van der Waals surface area contributed by atoms with Crippen LogP contribution in [0.25, 0.3) is 0 Å². The van der Waals surface area contributed by atoms with Crippen molar-refractivity contribution in [2.75, 3.05) is 13.1 Å². The first kappa shape index (κ1) is 19.6. The Morgan fingerprint density at radius 3 is 2.42 bits per heavy atom. The van der Waals surface area contributed by atoms with Gasteiger partial charge in [0.1, 0.15) is 0 Å². The molecule has 1 aromatic rings. The number of rotatable bonds is 4. The van der Waals surface area contributed by atoms with Crippen molar-refractivity contribution in [2.24, 2.45) is 0 Å². The summed E-state index contributed by atoms with van der Waals surface area (Å²) in [4.78, 5) is 2.69. The molecule has 0 aliphatic carbocycles. The van der Waals surface area contributed by atoms with Gasteiger partial charge in [-0.1, -0.05) is 37.3 Å². The Bertz CT molecular complexity index is 680. The van der Waals surface area contributed by atoms with Crippen LogP contribution in [0.3, 0.4) is 0 Å². The molecule has 0 radical (unpaired) electrons. The van der Waals surface area contributed by atoms with Gasteiger partial charge in [0.2, 0.25) is 0 Å². The van der Waals surface area contributed by atoms with E-state index in [1.807, 2.05) is 0 Å². The van der Waals surface area contributed by atoms with Gasteiger partial charge in [-0.2, -0.15) is 5.26 Å². The molecule has 0 aromatic heterocycles. The Hall–Kier alpha value is -1.15. The van der Waals surface area contributed by atoms with Crippen LogP contribution in [0.1, 0.15) is 51.5 Å². The Kier molecular flexibility index (Phi) is 5.11. The topological polar surface area (TPSA) is 36.3 Å². The molecule has 3 unspecified atom stereocenters. The fourth-order valence-electron chi connectivity index (χ4n) is 5.21. The molecule has 1 aromatic carbocycles. The molecule has 3 atom stereocenters. The number of hydrogen-bond acceptors (Lipinski definition) is 3. The summed E-state index contributed by atoms with van der Waals surface area (Å²) >= 11 is 0. The molecule has 4 heteroatoms. The predicted molar refractivity (Wildman–Crippen MR) is 110 cm³/mol. The second-order valence-corrected chi connectivity index (χ2v) is 14.4. The molecule has 142 valence electrons. The maximum Gasteiger partial charge on any atom is 0.184 e. The molecule has 26 heavy (non-hydrogen) atoms. The lowest BCUT2D eigenvalue weighted by Crippen LogP contribution is -2.65. The number of benzene rings is 1. The van der Waals surface area contributed by atoms with E-state index in [4.69, 9.17) is 4.43 Å². The minimum atomic E-state index is -1.69. The second kappa shape index (κ2) is 6.78. The third kappa shape index (κ3) is 3.90. The van der Waals surface area contributed by atoms with Crippen molar-refractivity contribution >= 4 is 8.32 Å². The summed E-state index contributed by atoms with van der Waals surface area (Å²) in [6.45, 7) is 13.7. The number of nitriles is 1. The maximum absolute atomic E-state index is 9.46. The third-order valence-electron chi connectivity index (χ3n) is 6.45. The summed E-state index contributed by atoms with van der Waals surface area (Å²) in [5.74, 6) is 0. The zero-order valence-electron chi connectivity index (χ0n) is 17.1. The van der Waals surface area contributed by atoms with Crippen molar-refractivity contribution in [2.45, 2.75) is 82.1 Å². The lowest BCUT2D eigenvalue weighted by molar-refractivity contribution is -0.0958. The van der Waals surface area contributed by atoms with Crippen LogP contribution in [0, 0.1) is 11.3 Å². The molecule has 2 aliphatic heterocycles. The van der Waals surface area contributed by atoms with Crippen LogP contribution in [0.15, 0.2) is 30.3 Å². The molecule has 2 fully saturated rings. The quantitative estimate of drug-likeness (QED) is 0.692. The van der Waals surface area contributed by atoms with Crippen LogP contribution in [0.4, 0.5) is 0 Å². The van der Waals surface area contributed by atoms with E-state index in [1.54, 1.807) is 0 Å². The summed E-state index contributed by atoms with van der Waals surface area (Å²) in [5.41, 5.74) is 1.57. The van der Waals surface area contributed by atoms with Gasteiger partial charge in [0.15, 0.2) is 8.32 Å². The Labute approximate surface area is 160 Å². The van der Waals surface area contributed by atoms with Gasteiger partial charge < -0.3 is 4.43 Å². The monoisotopic (exact) mass is 370 g/mol. The number of fused-ring (bicyclic) bond motifs is 1. The highest BCUT2D eigenvalue weighted by Crippen LogP contribution is 2.49. The van der Waals surface area contributed by atoms with E-state index in [-0.39, 0.29) is 16.6 Å². The van der Waals surface area contributed by atoms with Crippen molar-refractivity contribution in [3.05, 3.63) is 35.9 Å². The van der Waals surface area contributed by atoms with Crippen molar-refractivity contribution in [1.29, 1.82) is 5.26 Å². The molecule has 2 heterocycles. The summed E-state index contributed by atoms with van der Waals surface area (Å²) in [6.07, 6.45) is 4.85. The SMILES string of the molecule is CC1(c2ccccc2)CCC2(C)CC(CC#N)(O[Si](C)(C)C)CCN2C1. The van der Waals surface area contributed by atoms with E-state index in [0.717, 1.165) is 25.9 Å². The van der Waals surface area contributed by atoms with E-state index in [9.17, 15) is 5.26 Å². The fourth-order valence-corrected chi connectivity index (χ4v) is 6.75. The molecular weight excluding hydrogens is 336 g/mol. The van der Waals surface area contributed by atoms with Crippen molar-refractivity contribution < 1.29 is 4.43 Å². The van der Waals surface area contributed by atoms with E-state index in [1.165, 1.54) is 18.4 Å². The zero-order valence-corrected chi connectivity index (χ0v) is 18.1. The lowest BCUT2D eigenvalue weighted by Gasteiger charge is -2.59. The highest BCUT2D eigenvalue weighted by molar-refractivity contribution is 6.69. The highest BCUT2D eigenvalue weighted by atomic mass is 28.4. The van der Waals surface area contributed by atoms with E-state index >= 15 is 0 Å². The second-order valence-electron chi connectivity index (χ2n) is 10.0. The highest BCUT2D eigenvalue weighted by Gasteiger charge is 2.52. The molecule has 2 aliphatic rings. The molecule has 0 spiro atoms. The average Bonchev–Trinajstić information content (AvgIpc) is 2.55. The normalized spacial score (nSPS) is 35.5. The van der Waals surface area contributed by atoms with Crippen molar-refractivity contribution in [3.63, 3.8) is 0 Å². The first-order valence-electron chi connectivity index (χ1n) is 9.98. The zero-order chi connectivity index (χ0) is 19.1. The summed E-state index contributed by atoms with van der Waals surface area (Å²) in [5, 5.41) is 9.46. The first-order chi connectivity index (χ1) is 12.1. The Morgan fingerprint density at radius 1 is 1.12 bits per heavy atom. The van der Waals surface area contributed by atoms with Crippen LogP contribution in [0.5, 0.6) is 0 Å². The smallest absolute Gasteiger partial charge is 0.184 e. The molecule has 3 nitrogen and oxygen atoms in total. The fraction of sp³-hybridized carbons (Fsp3) is 0.682. The number of piperidine rings is 2. The largest absolute Gasteiger partial charge is 0.411 e. The van der Waals surface area contributed by atoms with Gasteiger partial charge in [-0.3, -0.25) is 4.90 Å². The van der Waals surface area contributed by atoms with Crippen LogP contribution < -0.4 is 0 Å². The average molecular weight is 371 g/mol. The maximum atomic E-state index is 9.46. The molecule has 0 N–H and O–H groups in total. The summed E-state index contributed by atoms with van der Waals surface area (Å²) in [7, 11) is -1.69. The van der Waals surface area contributed by atoms with Crippen LogP contribution in [0.2, 0.25) is 19.6 Å². The van der Waals surface area contributed by atoms with Crippen LogP contribution in [-0.2, 0) is 9.84 Å². The van der Waals surface area contributed by atoms with Gasteiger partial charge in [0, 0.05) is 24.0 Å². The molecular formula is C22H34N2OSi. The Balaban J connectivity index is 1.81. The standard InChI is InChI=1S/C22H34N2OSi/c1-20(19-9-7-6-8-10-19)11-12-21(2)17-22(13-15-23,25-26(3,4)5)14-16-24(21)18-20/h6-10H,11-14,16-18H2,1-5H3. The minimum Gasteiger partial charge on any atom is -0.411 e. The number of hydrogen-bond donors (Lipinski definition) is 0.